The van der Waals surface area contributed by atoms with Crippen LogP contribution in [0.2, 0.25) is 0 Å². The van der Waals surface area contributed by atoms with Gasteiger partial charge in [-0.1, -0.05) is 24.2 Å². The zero-order valence-electron chi connectivity index (χ0n) is 12.1. The number of nitrogens with zero attached hydrogens (tertiary/aromatic N) is 1. The lowest BCUT2D eigenvalue weighted by atomic mass is 10.3. The fourth-order valence-electron chi connectivity index (χ4n) is 2.58. The van der Waals surface area contributed by atoms with Crippen LogP contribution in [0.4, 0.5) is 9.93 Å². The molecule has 1 saturated carbocycles. The molecule has 118 valence electrons. The highest BCUT2D eigenvalue weighted by Gasteiger charge is 2.18. The first-order chi connectivity index (χ1) is 10.4. The maximum atomic E-state index is 11.9. The molecule has 0 saturated heterocycles. The fraction of sp³-hybridized carbons (Fsp3) is 0.429. The van der Waals surface area contributed by atoms with Crippen LogP contribution in [0.15, 0.2) is 23.1 Å². The van der Waals surface area contributed by atoms with Crippen molar-refractivity contribution < 1.29 is 13.2 Å². The second kappa shape index (κ2) is 5.85. The molecule has 1 fully saturated rings. The van der Waals surface area contributed by atoms with E-state index in [9.17, 15) is 13.2 Å². The van der Waals surface area contributed by atoms with E-state index >= 15 is 0 Å². The molecule has 1 aliphatic carbocycles. The van der Waals surface area contributed by atoms with Crippen LogP contribution in [0.1, 0.15) is 25.7 Å². The van der Waals surface area contributed by atoms with Gasteiger partial charge in [-0.3, -0.25) is 5.32 Å². The molecule has 1 aromatic heterocycles. The van der Waals surface area contributed by atoms with E-state index in [0.29, 0.717) is 10.6 Å². The number of urea groups is 1. The molecule has 1 aromatic carbocycles. The Kier molecular flexibility index (Phi) is 4.05. The third kappa shape index (κ3) is 3.38. The Morgan fingerprint density at radius 3 is 2.73 bits per heavy atom. The number of anilines is 1. The van der Waals surface area contributed by atoms with Gasteiger partial charge < -0.3 is 5.32 Å². The maximum Gasteiger partial charge on any atom is 0.321 e. The Labute approximate surface area is 132 Å². The maximum absolute atomic E-state index is 11.9. The number of hydrogen-bond donors (Lipinski definition) is 2. The summed E-state index contributed by atoms with van der Waals surface area (Å²) in [6, 6.07) is 4.75. The molecule has 2 N–H and O–H groups in total. The number of nitrogens with one attached hydrogen (secondary N) is 2. The second-order valence-corrected chi connectivity index (χ2v) is 8.55. The Morgan fingerprint density at radius 1 is 1.32 bits per heavy atom. The summed E-state index contributed by atoms with van der Waals surface area (Å²) in [4.78, 5) is 16.5. The zero-order chi connectivity index (χ0) is 15.7. The van der Waals surface area contributed by atoms with Crippen molar-refractivity contribution in [3.63, 3.8) is 0 Å². The number of amides is 2. The van der Waals surface area contributed by atoms with Crippen LogP contribution in [0, 0.1) is 0 Å². The summed E-state index contributed by atoms with van der Waals surface area (Å²) in [5.74, 6) is 0. The number of carbonyl (C=O) groups is 1. The first kappa shape index (κ1) is 15.2. The largest absolute Gasteiger partial charge is 0.335 e. The first-order valence-corrected chi connectivity index (χ1v) is 9.81. The smallest absolute Gasteiger partial charge is 0.321 e. The first-order valence-electron chi connectivity index (χ1n) is 7.10. The van der Waals surface area contributed by atoms with Crippen molar-refractivity contribution >= 4 is 42.6 Å². The minimum atomic E-state index is -3.24. The number of thiazole rings is 1. The molecule has 2 aromatic rings. The molecule has 6 nitrogen and oxygen atoms in total. The Hall–Kier alpha value is -1.67. The number of benzene rings is 1. The van der Waals surface area contributed by atoms with Crippen molar-refractivity contribution in [3.8, 4) is 0 Å². The summed E-state index contributed by atoms with van der Waals surface area (Å²) in [6.07, 6.45) is 5.51. The van der Waals surface area contributed by atoms with E-state index in [1.165, 1.54) is 23.7 Å². The Morgan fingerprint density at radius 2 is 2.05 bits per heavy atom. The van der Waals surface area contributed by atoms with Crippen molar-refractivity contribution in [2.75, 3.05) is 11.6 Å². The van der Waals surface area contributed by atoms with Crippen LogP contribution in [0.3, 0.4) is 0 Å². The molecular weight excluding hydrogens is 322 g/mol. The van der Waals surface area contributed by atoms with Crippen molar-refractivity contribution in [1.82, 2.24) is 10.3 Å². The standard InChI is InChI=1S/C14H17N3O3S2/c1-22(19,20)10-6-7-11-12(8-10)21-14(16-11)17-13(18)15-9-4-2-3-5-9/h6-9H,2-5H2,1H3,(H2,15,16,17,18). The van der Waals surface area contributed by atoms with Gasteiger partial charge in [-0.2, -0.15) is 0 Å². The minimum absolute atomic E-state index is 0.242. The molecule has 0 aliphatic heterocycles. The van der Waals surface area contributed by atoms with E-state index in [1.54, 1.807) is 12.1 Å². The van der Waals surface area contributed by atoms with E-state index in [1.807, 2.05) is 0 Å². The van der Waals surface area contributed by atoms with Crippen LogP contribution in [-0.2, 0) is 9.84 Å². The average Bonchev–Trinajstić information content (AvgIpc) is 3.04. The van der Waals surface area contributed by atoms with Crippen LogP contribution >= 0.6 is 11.3 Å². The predicted octanol–water partition coefficient (Wildman–Crippen LogP) is 2.76. The predicted molar refractivity (Wildman–Crippen MR) is 87.1 cm³/mol. The molecule has 22 heavy (non-hydrogen) atoms. The van der Waals surface area contributed by atoms with Gasteiger partial charge in [0.2, 0.25) is 0 Å². The minimum Gasteiger partial charge on any atom is -0.335 e. The van der Waals surface area contributed by atoms with Crippen LogP contribution in [-0.4, -0.2) is 31.7 Å². The lowest BCUT2D eigenvalue weighted by Crippen LogP contribution is -2.36. The number of rotatable bonds is 3. The van der Waals surface area contributed by atoms with Gasteiger partial charge >= 0.3 is 6.03 Å². The van der Waals surface area contributed by atoms with Gasteiger partial charge in [-0.05, 0) is 31.0 Å². The van der Waals surface area contributed by atoms with Crippen LogP contribution < -0.4 is 10.6 Å². The lowest BCUT2D eigenvalue weighted by Gasteiger charge is -2.11. The average molecular weight is 339 g/mol. The Bertz CT molecular complexity index is 808. The van der Waals surface area contributed by atoms with Crippen molar-refractivity contribution in [2.24, 2.45) is 0 Å². The zero-order valence-corrected chi connectivity index (χ0v) is 13.8. The van der Waals surface area contributed by atoms with Gasteiger partial charge in [0.15, 0.2) is 15.0 Å². The van der Waals surface area contributed by atoms with Gasteiger partial charge in [0, 0.05) is 12.3 Å². The summed E-state index contributed by atoms with van der Waals surface area (Å²) in [7, 11) is -3.24. The van der Waals surface area contributed by atoms with E-state index in [4.69, 9.17) is 0 Å². The molecule has 1 aliphatic rings. The normalized spacial score (nSPS) is 16.0. The van der Waals surface area contributed by atoms with Crippen LogP contribution in [0.5, 0.6) is 0 Å². The SMILES string of the molecule is CS(=O)(=O)c1ccc2nc(NC(=O)NC3CCCC3)sc2c1. The van der Waals surface area contributed by atoms with Gasteiger partial charge in [-0.15, -0.1) is 0 Å². The molecule has 3 rings (SSSR count). The molecule has 0 atom stereocenters. The highest BCUT2D eigenvalue weighted by atomic mass is 32.2. The Balaban J connectivity index is 1.75. The topological polar surface area (TPSA) is 88.2 Å². The molecule has 0 radical (unpaired) electrons. The van der Waals surface area contributed by atoms with E-state index < -0.39 is 9.84 Å². The van der Waals surface area contributed by atoms with E-state index in [-0.39, 0.29) is 17.0 Å². The number of fused-ring (bicyclic) bond motifs is 1. The summed E-state index contributed by atoms with van der Waals surface area (Å²) in [6.45, 7) is 0. The molecule has 8 heteroatoms. The van der Waals surface area contributed by atoms with Crippen molar-refractivity contribution in [3.05, 3.63) is 18.2 Å². The van der Waals surface area contributed by atoms with Gasteiger partial charge in [0.25, 0.3) is 0 Å². The van der Waals surface area contributed by atoms with Crippen LogP contribution in [0.25, 0.3) is 10.2 Å². The number of hydrogen-bond acceptors (Lipinski definition) is 5. The summed E-state index contributed by atoms with van der Waals surface area (Å²) >= 11 is 1.27. The van der Waals surface area contributed by atoms with E-state index in [2.05, 4.69) is 15.6 Å². The van der Waals surface area contributed by atoms with Crippen molar-refractivity contribution in [1.29, 1.82) is 0 Å². The third-order valence-electron chi connectivity index (χ3n) is 3.70. The third-order valence-corrected chi connectivity index (χ3v) is 5.74. The molecule has 0 bridgehead atoms. The summed E-state index contributed by atoms with van der Waals surface area (Å²) < 4.78 is 23.9. The number of sulfone groups is 1. The molecule has 0 spiro atoms. The quantitative estimate of drug-likeness (QED) is 0.900. The van der Waals surface area contributed by atoms with Gasteiger partial charge in [0.05, 0.1) is 15.1 Å². The molecule has 2 amide bonds. The number of carbonyl (C=O) groups excluding carboxylic acids is 1. The molecule has 1 heterocycles. The molecular formula is C14H17N3O3S2. The molecule has 0 unspecified atom stereocenters. The second-order valence-electron chi connectivity index (χ2n) is 5.50. The monoisotopic (exact) mass is 339 g/mol. The van der Waals surface area contributed by atoms with E-state index in [0.717, 1.165) is 30.4 Å². The number of aromatic nitrogens is 1. The lowest BCUT2D eigenvalue weighted by molar-refractivity contribution is 0.248. The van der Waals surface area contributed by atoms with Gasteiger partial charge in [0.1, 0.15) is 0 Å². The van der Waals surface area contributed by atoms with Crippen molar-refractivity contribution in [2.45, 2.75) is 36.6 Å². The highest BCUT2D eigenvalue weighted by molar-refractivity contribution is 7.90. The van der Waals surface area contributed by atoms with Gasteiger partial charge in [-0.25, -0.2) is 18.2 Å². The highest BCUT2D eigenvalue weighted by Crippen LogP contribution is 2.28. The fourth-order valence-corrected chi connectivity index (χ4v) is 4.20. The summed E-state index contributed by atoms with van der Waals surface area (Å²) in [5.41, 5.74) is 0.675. The summed E-state index contributed by atoms with van der Waals surface area (Å²) in [5, 5.41) is 6.12.